The predicted molar refractivity (Wildman–Crippen MR) is 111 cm³/mol. The number of benzene rings is 2. The number of nitrogens with zero attached hydrogens (tertiary/aromatic N) is 1. The summed E-state index contributed by atoms with van der Waals surface area (Å²) in [5.41, 5.74) is 2.40. The van der Waals surface area contributed by atoms with Gasteiger partial charge in [-0.25, -0.2) is 4.98 Å². The molecule has 0 fully saturated rings. The van der Waals surface area contributed by atoms with Crippen LogP contribution in [0.5, 0.6) is 17.2 Å². The summed E-state index contributed by atoms with van der Waals surface area (Å²) >= 11 is 1.34. The van der Waals surface area contributed by atoms with Crippen LogP contribution in [0.1, 0.15) is 5.56 Å². The first-order valence-corrected chi connectivity index (χ1v) is 9.32. The second-order valence-corrected chi connectivity index (χ2v) is 6.56. The maximum atomic E-state index is 12.2. The fraction of sp³-hybridized carbons (Fsp3) is 0.143. The van der Waals surface area contributed by atoms with Crippen molar-refractivity contribution in [3.05, 3.63) is 59.5 Å². The number of rotatable bonds is 7. The fourth-order valence-electron chi connectivity index (χ4n) is 2.50. The molecule has 0 aliphatic rings. The van der Waals surface area contributed by atoms with Crippen LogP contribution in [0.2, 0.25) is 0 Å². The summed E-state index contributed by atoms with van der Waals surface area (Å²) in [5, 5.41) is 5.14. The Balaban J connectivity index is 1.70. The van der Waals surface area contributed by atoms with E-state index in [0.717, 1.165) is 16.9 Å². The molecule has 1 amide bonds. The van der Waals surface area contributed by atoms with Gasteiger partial charge >= 0.3 is 0 Å². The maximum Gasteiger partial charge on any atom is 0.250 e. The lowest BCUT2D eigenvalue weighted by Gasteiger charge is -2.08. The van der Waals surface area contributed by atoms with E-state index in [1.165, 1.54) is 17.4 Å². The summed E-state index contributed by atoms with van der Waals surface area (Å²) in [6, 6.07) is 12.9. The Bertz CT molecular complexity index is 980. The molecule has 6 nitrogen and oxygen atoms in total. The predicted octanol–water partition coefficient (Wildman–Crippen LogP) is 4.49. The number of nitrogens with one attached hydrogen (secondary N) is 1. The van der Waals surface area contributed by atoms with Crippen molar-refractivity contribution in [1.82, 2.24) is 4.98 Å². The van der Waals surface area contributed by atoms with E-state index in [0.29, 0.717) is 22.3 Å². The fourth-order valence-corrected chi connectivity index (χ4v) is 3.22. The third kappa shape index (κ3) is 4.69. The van der Waals surface area contributed by atoms with E-state index in [1.807, 2.05) is 47.8 Å². The number of methoxy groups -OCH3 is 3. The number of amides is 1. The van der Waals surface area contributed by atoms with Gasteiger partial charge in [0.1, 0.15) is 17.2 Å². The van der Waals surface area contributed by atoms with Crippen molar-refractivity contribution in [3.8, 4) is 28.5 Å². The van der Waals surface area contributed by atoms with Gasteiger partial charge in [-0.15, -0.1) is 11.3 Å². The maximum absolute atomic E-state index is 12.2. The first-order valence-electron chi connectivity index (χ1n) is 8.44. The molecule has 0 atom stereocenters. The third-order valence-corrected chi connectivity index (χ3v) is 4.72. The van der Waals surface area contributed by atoms with Crippen LogP contribution in [0.3, 0.4) is 0 Å². The largest absolute Gasteiger partial charge is 0.497 e. The summed E-state index contributed by atoms with van der Waals surface area (Å²) in [6.07, 6.45) is 3.20. The minimum absolute atomic E-state index is 0.255. The molecule has 0 aliphatic heterocycles. The van der Waals surface area contributed by atoms with Gasteiger partial charge in [-0.3, -0.25) is 10.1 Å². The highest BCUT2D eigenvalue weighted by molar-refractivity contribution is 7.14. The Labute approximate surface area is 167 Å². The third-order valence-electron chi connectivity index (χ3n) is 3.96. The molecule has 1 heterocycles. The molecule has 2 aromatic carbocycles. The van der Waals surface area contributed by atoms with E-state index in [-0.39, 0.29) is 5.91 Å². The van der Waals surface area contributed by atoms with Crippen molar-refractivity contribution >= 4 is 28.5 Å². The molecule has 7 heteroatoms. The number of aromatic nitrogens is 1. The lowest BCUT2D eigenvalue weighted by Crippen LogP contribution is -2.07. The number of hydrogen-bond donors (Lipinski definition) is 1. The zero-order valence-corrected chi connectivity index (χ0v) is 16.6. The average Bonchev–Trinajstić information content (AvgIpc) is 3.20. The van der Waals surface area contributed by atoms with E-state index in [1.54, 1.807) is 27.4 Å². The molecule has 0 saturated carbocycles. The molecular formula is C21H20N2O4S. The van der Waals surface area contributed by atoms with Crippen molar-refractivity contribution in [3.63, 3.8) is 0 Å². The monoisotopic (exact) mass is 396 g/mol. The second-order valence-electron chi connectivity index (χ2n) is 5.70. The van der Waals surface area contributed by atoms with Crippen LogP contribution < -0.4 is 19.5 Å². The molecule has 1 aromatic heterocycles. The Kier molecular flexibility index (Phi) is 6.29. The molecule has 1 N–H and O–H groups in total. The van der Waals surface area contributed by atoms with Gasteiger partial charge in [0.05, 0.1) is 27.0 Å². The smallest absolute Gasteiger partial charge is 0.250 e. The van der Waals surface area contributed by atoms with E-state index >= 15 is 0 Å². The van der Waals surface area contributed by atoms with Gasteiger partial charge in [0, 0.05) is 17.0 Å². The SMILES string of the molecule is COc1ccc(/C=C/C(=O)Nc2nc(-c3cc(OC)ccc3OC)cs2)cc1. The number of thiazole rings is 1. The van der Waals surface area contributed by atoms with E-state index in [9.17, 15) is 4.79 Å². The number of carbonyl (C=O) groups excluding carboxylic acids is 1. The van der Waals surface area contributed by atoms with Crippen LogP contribution in [0, 0.1) is 0 Å². The van der Waals surface area contributed by atoms with Crippen LogP contribution in [-0.2, 0) is 4.79 Å². The minimum atomic E-state index is -0.255. The molecule has 0 unspecified atom stereocenters. The van der Waals surface area contributed by atoms with Crippen molar-refractivity contribution in [2.45, 2.75) is 0 Å². The molecule has 28 heavy (non-hydrogen) atoms. The number of ether oxygens (including phenoxy) is 3. The molecule has 3 rings (SSSR count). The van der Waals surface area contributed by atoms with Crippen molar-refractivity contribution < 1.29 is 19.0 Å². The molecule has 0 spiro atoms. The molecule has 144 valence electrons. The van der Waals surface area contributed by atoms with Crippen LogP contribution in [0.25, 0.3) is 17.3 Å². The topological polar surface area (TPSA) is 69.7 Å². The zero-order chi connectivity index (χ0) is 19.9. The Morgan fingerprint density at radius 2 is 1.71 bits per heavy atom. The highest BCUT2D eigenvalue weighted by Crippen LogP contribution is 2.35. The number of carbonyl (C=O) groups is 1. The standard InChI is InChI=1S/C21H20N2O4S/c1-25-15-7-4-14(5-8-15)6-11-20(24)23-21-22-18(13-28-21)17-12-16(26-2)9-10-19(17)27-3/h4-13H,1-3H3,(H,22,23,24)/b11-6+. The lowest BCUT2D eigenvalue weighted by molar-refractivity contribution is -0.111. The van der Waals surface area contributed by atoms with Gasteiger partial charge in [0.15, 0.2) is 5.13 Å². The van der Waals surface area contributed by atoms with Crippen molar-refractivity contribution in [2.75, 3.05) is 26.6 Å². The molecule has 0 bridgehead atoms. The van der Waals surface area contributed by atoms with Gasteiger partial charge in [0.25, 0.3) is 0 Å². The molecule has 0 radical (unpaired) electrons. The van der Waals surface area contributed by atoms with Crippen LogP contribution in [0.15, 0.2) is 53.9 Å². The zero-order valence-electron chi connectivity index (χ0n) is 15.8. The van der Waals surface area contributed by atoms with E-state index < -0.39 is 0 Å². The lowest BCUT2D eigenvalue weighted by atomic mass is 10.1. The Morgan fingerprint density at radius 1 is 1.00 bits per heavy atom. The number of anilines is 1. The highest BCUT2D eigenvalue weighted by Gasteiger charge is 2.12. The summed E-state index contributed by atoms with van der Waals surface area (Å²) in [4.78, 5) is 16.7. The summed E-state index contributed by atoms with van der Waals surface area (Å²) < 4.78 is 15.8. The highest BCUT2D eigenvalue weighted by atomic mass is 32.1. The van der Waals surface area contributed by atoms with Gasteiger partial charge in [-0.1, -0.05) is 12.1 Å². The molecule has 3 aromatic rings. The summed E-state index contributed by atoms with van der Waals surface area (Å²) in [5.74, 6) is 1.90. The molecule has 0 aliphatic carbocycles. The van der Waals surface area contributed by atoms with Crippen LogP contribution in [-0.4, -0.2) is 32.2 Å². The van der Waals surface area contributed by atoms with Crippen molar-refractivity contribution in [2.24, 2.45) is 0 Å². The van der Waals surface area contributed by atoms with Gasteiger partial charge in [-0.05, 0) is 42.0 Å². The Hall–Kier alpha value is -3.32. The molecular weight excluding hydrogens is 376 g/mol. The van der Waals surface area contributed by atoms with Crippen molar-refractivity contribution in [1.29, 1.82) is 0 Å². The average molecular weight is 396 g/mol. The van der Waals surface area contributed by atoms with Crippen LogP contribution >= 0.6 is 11.3 Å². The van der Waals surface area contributed by atoms with Crippen LogP contribution in [0.4, 0.5) is 5.13 Å². The first kappa shape index (κ1) is 19.4. The number of hydrogen-bond acceptors (Lipinski definition) is 6. The second kappa shape index (κ2) is 9.05. The summed E-state index contributed by atoms with van der Waals surface area (Å²) in [7, 11) is 4.82. The van der Waals surface area contributed by atoms with Gasteiger partial charge in [0.2, 0.25) is 5.91 Å². The first-order chi connectivity index (χ1) is 13.6. The van der Waals surface area contributed by atoms with E-state index in [4.69, 9.17) is 14.2 Å². The normalized spacial score (nSPS) is 10.7. The summed E-state index contributed by atoms with van der Waals surface area (Å²) in [6.45, 7) is 0. The Morgan fingerprint density at radius 3 is 2.39 bits per heavy atom. The molecule has 0 saturated heterocycles. The van der Waals surface area contributed by atoms with Gasteiger partial charge in [-0.2, -0.15) is 0 Å². The minimum Gasteiger partial charge on any atom is -0.497 e. The van der Waals surface area contributed by atoms with Gasteiger partial charge < -0.3 is 14.2 Å². The quantitative estimate of drug-likeness (QED) is 0.596. The van der Waals surface area contributed by atoms with E-state index in [2.05, 4.69) is 10.3 Å².